The SMILES string of the molecule is CCCCC#CC1(CC)C(=O)N=C([O-])NC1=O.[Na+]. The second-order valence-corrected chi connectivity index (χ2v) is 3.84. The van der Waals surface area contributed by atoms with E-state index in [2.05, 4.69) is 16.8 Å². The quantitative estimate of drug-likeness (QED) is 0.253. The van der Waals surface area contributed by atoms with Crippen molar-refractivity contribution in [2.24, 2.45) is 10.4 Å². The fourth-order valence-corrected chi connectivity index (χ4v) is 1.51. The van der Waals surface area contributed by atoms with Gasteiger partial charge >= 0.3 is 29.6 Å². The number of aliphatic imine (C=N–C) groups is 1. The van der Waals surface area contributed by atoms with Crippen molar-refractivity contribution in [1.82, 2.24) is 5.32 Å². The summed E-state index contributed by atoms with van der Waals surface area (Å²) in [5.74, 6) is 4.09. The summed E-state index contributed by atoms with van der Waals surface area (Å²) in [7, 11) is 0. The van der Waals surface area contributed by atoms with Crippen LogP contribution in [-0.2, 0) is 9.59 Å². The number of hydrogen-bond donors (Lipinski definition) is 1. The van der Waals surface area contributed by atoms with Crippen LogP contribution in [0.4, 0.5) is 0 Å². The van der Waals surface area contributed by atoms with Crippen LogP contribution >= 0.6 is 0 Å². The van der Waals surface area contributed by atoms with E-state index in [1.807, 2.05) is 12.2 Å². The number of carbonyl (C=O) groups is 2. The van der Waals surface area contributed by atoms with E-state index in [1.165, 1.54) is 0 Å². The number of rotatable bonds is 3. The van der Waals surface area contributed by atoms with E-state index in [0.717, 1.165) is 12.8 Å². The minimum absolute atomic E-state index is 0. The van der Waals surface area contributed by atoms with Gasteiger partial charge in [0.05, 0.1) is 6.02 Å². The first-order valence-corrected chi connectivity index (χ1v) is 5.68. The normalized spacial score (nSPS) is 22.2. The Kier molecular flexibility index (Phi) is 7.22. The molecule has 2 amide bonds. The van der Waals surface area contributed by atoms with Gasteiger partial charge in [0.25, 0.3) is 11.8 Å². The van der Waals surface area contributed by atoms with E-state index in [9.17, 15) is 14.7 Å². The Morgan fingerprint density at radius 3 is 2.56 bits per heavy atom. The van der Waals surface area contributed by atoms with Crippen molar-refractivity contribution in [2.45, 2.75) is 39.5 Å². The minimum Gasteiger partial charge on any atom is -0.846 e. The van der Waals surface area contributed by atoms with Gasteiger partial charge in [0.2, 0.25) is 0 Å². The number of unbranched alkanes of at least 4 members (excludes halogenated alkanes) is 2. The second kappa shape index (κ2) is 7.57. The van der Waals surface area contributed by atoms with Crippen molar-refractivity contribution in [3.63, 3.8) is 0 Å². The molecule has 0 bridgehead atoms. The standard InChI is InChI=1S/C12H16N2O3.Na/c1-3-5-6-7-8-12(4-2)9(15)13-11(17)14-10(12)16;/h3-6H2,1-2H3,(H2,13,14,15,16,17);/q;+1/p-1. The smallest absolute Gasteiger partial charge is 0.846 e. The zero-order chi connectivity index (χ0) is 12.9. The van der Waals surface area contributed by atoms with Crippen LogP contribution in [0.1, 0.15) is 39.5 Å². The molecule has 6 heteroatoms. The van der Waals surface area contributed by atoms with Crippen LogP contribution in [0.15, 0.2) is 4.99 Å². The van der Waals surface area contributed by atoms with Crippen molar-refractivity contribution in [3.05, 3.63) is 0 Å². The predicted octanol–water partition coefficient (Wildman–Crippen LogP) is -3.05. The van der Waals surface area contributed by atoms with Crippen LogP contribution in [0.25, 0.3) is 0 Å². The molecule has 0 saturated heterocycles. The maximum Gasteiger partial charge on any atom is 1.00 e. The molecule has 0 aromatic rings. The molecule has 1 atom stereocenters. The maximum atomic E-state index is 11.7. The van der Waals surface area contributed by atoms with E-state index < -0.39 is 23.3 Å². The van der Waals surface area contributed by atoms with E-state index in [0.29, 0.717) is 6.42 Å². The van der Waals surface area contributed by atoms with Gasteiger partial charge in [-0.3, -0.25) is 9.59 Å². The minimum atomic E-state index is -1.47. The summed E-state index contributed by atoms with van der Waals surface area (Å²) < 4.78 is 0. The largest absolute Gasteiger partial charge is 1.00 e. The van der Waals surface area contributed by atoms with Gasteiger partial charge in [-0.15, -0.1) is 5.92 Å². The molecule has 0 saturated carbocycles. The van der Waals surface area contributed by atoms with Gasteiger partial charge < -0.3 is 10.4 Å². The number of amides is 2. The van der Waals surface area contributed by atoms with Gasteiger partial charge in [0, 0.05) is 6.42 Å². The fraction of sp³-hybridized carbons (Fsp3) is 0.583. The number of nitrogens with zero attached hydrogens (tertiary/aromatic N) is 1. The molecule has 0 spiro atoms. The number of nitrogens with one attached hydrogen (secondary N) is 1. The van der Waals surface area contributed by atoms with Gasteiger partial charge in [-0.1, -0.05) is 26.2 Å². The Hall–Kier alpha value is -0.830. The molecule has 0 fully saturated rings. The van der Waals surface area contributed by atoms with Crippen molar-refractivity contribution in [3.8, 4) is 11.8 Å². The Morgan fingerprint density at radius 2 is 2.06 bits per heavy atom. The van der Waals surface area contributed by atoms with Gasteiger partial charge in [0.1, 0.15) is 0 Å². The van der Waals surface area contributed by atoms with Crippen molar-refractivity contribution < 1.29 is 44.3 Å². The maximum absolute atomic E-state index is 11.7. The van der Waals surface area contributed by atoms with E-state index in [4.69, 9.17) is 0 Å². The van der Waals surface area contributed by atoms with Crippen molar-refractivity contribution in [1.29, 1.82) is 0 Å². The Labute approximate surface area is 129 Å². The summed E-state index contributed by atoms with van der Waals surface area (Å²) in [6, 6.07) is -0.903. The van der Waals surface area contributed by atoms with Crippen LogP contribution in [0.3, 0.4) is 0 Å². The molecule has 1 heterocycles. The van der Waals surface area contributed by atoms with Gasteiger partial charge in [0.15, 0.2) is 5.41 Å². The summed E-state index contributed by atoms with van der Waals surface area (Å²) >= 11 is 0. The van der Waals surface area contributed by atoms with Gasteiger partial charge in [-0.25, -0.2) is 4.99 Å². The summed E-state index contributed by atoms with van der Waals surface area (Å²) in [5.41, 5.74) is -1.47. The molecule has 0 aromatic heterocycles. The van der Waals surface area contributed by atoms with Gasteiger partial charge in [-0.05, 0) is 12.8 Å². The molecule has 0 radical (unpaired) electrons. The molecule has 1 aliphatic rings. The fourth-order valence-electron chi connectivity index (χ4n) is 1.51. The first-order chi connectivity index (χ1) is 8.06. The number of carbonyl (C=O) groups excluding carboxylic acids is 2. The van der Waals surface area contributed by atoms with Crippen LogP contribution in [0.2, 0.25) is 0 Å². The summed E-state index contributed by atoms with van der Waals surface area (Å²) in [5, 5.41) is 12.9. The topological polar surface area (TPSA) is 81.6 Å². The summed E-state index contributed by atoms with van der Waals surface area (Å²) in [4.78, 5) is 26.6. The molecule has 92 valence electrons. The Balaban J connectivity index is 0.00000289. The van der Waals surface area contributed by atoms with Crippen LogP contribution in [-0.4, -0.2) is 17.8 Å². The van der Waals surface area contributed by atoms with E-state index >= 15 is 0 Å². The average Bonchev–Trinajstić information content (AvgIpc) is 2.27. The molecule has 1 N–H and O–H groups in total. The molecule has 1 aliphatic heterocycles. The number of amidine groups is 1. The molecule has 0 aliphatic carbocycles. The Morgan fingerprint density at radius 1 is 1.39 bits per heavy atom. The first-order valence-electron chi connectivity index (χ1n) is 5.68. The van der Waals surface area contributed by atoms with Crippen LogP contribution in [0.5, 0.6) is 0 Å². The third-order valence-corrected chi connectivity index (χ3v) is 2.66. The zero-order valence-electron chi connectivity index (χ0n) is 11.0. The van der Waals surface area contributed by atoms with E-state index in [-0.39, 0.29) is 36.0 Å². The molecular formula is C12H15N2NaO3. The molecule has 18 heavy (non-hydrogen) atoms. The second-order valence-electron chi connectivity index (χ2n) is 3.84. The Bertz CT molecular complexity index is 423. The van der Waals surface area contributed by atoms with E-state index in [1.54, 1.807) is 6.92 Å². The third-order valence-electron chi connectivity index (χ3n) is 2.66. The molecule has 1 unspecified atom stereocenters. The molecule has 0 aromatic carbocycles. The van der Waals surface area contributed by atoms with Crippen molar-refractivity contribution >= 4 is 17.8 Å². The molecule has 1 rings (SSSR count). The summed E-state index contributed by atoms with van der Waals surface area (Å²) in [6.07, 6.45) is 2.76. The van der Waals surface area contributed by atoms with Crippen molar-refractivity contribution in [2.75, 3.05) is 0 Å². The third kappa shape index (κ3) is 3.58. The monoisotopic (exact) mass is 258 g/mol. The summed E-state index contributed by atoms with van der Waals surface area (Å²) in [6.45, 7) is 3.71. The number of hydrogen-bond acceptors (Lipinski definition) is 3. The van der Waals surface area contributed by atoms with Crippen LogP contribution < -0.4 is 40.0 Å². The predicted molar refractivity (Wildman–Crippen MR) is 60.6 cm³/mol. The van der Waals surface area contributed by atoms with Crippen LogP contribution in [0, 0.1) is 17.3 Å². The van der Waals surface area contributed by atoms with Gasteiger partial charge in [-0.2, -0.15) is 0 Å². The average molecular weight is 258 g/mol. The first kappa shape index (κ1) is 17.2. The molecule has 5 nitrogen and oxygen atoms in total. The molecular weight excluding hydrogens is 243 g/mol. The zero-order valence-corrected chi connectivity index (χ0v) is 13.0.